The van der Waals surface area contributed by atoms with Crippen molar-refractivity contribution in [2.45, 2.75) is 16.4 Å². The van der Waals surface area contributed by atoms with Crippen LogP contribution in [-0.2, 0) is 14.2 Å². The van der Waals surface area contributed by atoms with Gasteiger partial charge in [-0.1, -0.05) is 0 Å². The third kappa shape index (κ3) is 3.58. The molecule has 0 aromatic heterocycles. The van der Waals surface area contributed by atoms with E-state index in [2.05, 4.69) is 0 Å². The fourth-order valence-electron chi connectivity index (χ4n) is 3.61. The van der Waals surface area contributed by atoms with Crippen LogP contribution in [0.4, 0.5) is 5.69 Å². The minimum atomic E-state index is -0.813. The molecule has 1 saturated heterocycles. The Labute approximate surface area is 177 Å². The van der Waals surface area contributed by atoms with Gasteiger partial charge in [0, 0.05) is 0 Å². The summed E-state index contributed by atoms with van der Waals surface area (Å²) in [6, 6.07) is 27.7. The molecule has 148 valence electrons. The van der Waals surface area contributed by atoms with Crippen molar-refractivity contribution in [1.82, 2.24) is 0 Å². The van der Waals surface area contributed by atoms with Gasteiger partial charge in [0.05, 0.1) is 0 Å². The molecule has 1 fully saturated rings. The van der Waals surface area contributed by atoms with Gasteiger partial charge in [-0.25, -0.2) is 0 Å². The van der Waals surface area contributed by atoms with Crippen molar-refractivity contribution in [3.05, 3.63) is 96.1 Å². The van der Waals surface area contributed by atoms with Gasteiger partial charge in [0.25, 0.3) is 0 Å². The summed E-state index contributed by atoms with van der Waals surface area (Å²) in [5.41, 5.74) is 2.85. The first-order valence-corrected chi connectivity index (χ1v) is 11.4. The Kier molecular flexibility index (Phi) is 5.72. The van der Waals surface area contributed by atoms with Crippen molar-refractivity contribution in [3.63, 3.8) is 0 Å². The molecule has 0 aliphatic carbocycles. The molecule has 1 amide bonds. The summed E-state index contributed by atoms with van der Waals surface area (Å²) in [4.78, 5) is 15.4. The number of para-hydroxylation sites is 1. The molecule has 29 heavy (non-hydrogen) atoms. The Balaban J connectivity index is 1.88. The van der Waals surface area contributed by atoms with E-state index in [9.17, 15) is 4.79 Å². The number of amides is 1. The molecule has 1 aliphatic rings. The van der Waals surface area contributed by atoms with Crippen LogP contribution in [0.25, 0.3) is 0 Å². The molecule has 0 saturated carbocycles. The second kappa shape index (κ2) is 8.42. The van der Waals surface area contributed by atoms with E-state index >= 15 is 0 Å². The number of rotatable bonds is 6. The van der Waals surface area contributed by atoms with Crippen molar-refractivity contribution in [2.24, 2.45) is 0 Å². The van der Waals surface area contributed by atoms with Crippen molar-refractivity contribution in [3.8, 4) is 5.75 Å². The van der Waals surface area contributed by atoms with Gasteiger partial charge in [-0.3, -0.25) is 0 Å². The van der Waals surface area contributed by atoms with Crippen LogP contribution in [0, 0.1) is 0 Å². The fraction of sp³-hybridized carbons (Fsp3) is 0.208. The van der Waals surface area contributed by atoms with Crippen LogP contribution < -0.4 is 9.64 Å². The van der Waals surface area contributed by atoms with Gasteiger partial charge in [0.1, 0.15) is 0 Å². The number of carbonyl (C=O) groups is 1. The number of benzene rings is 3. The zero-order chi connectivity index (χ0) is 20.3. The Morgan fingerprint density at radius 1 is 0.931 bits per heavy atom. The summed E-state index contributed by atoms with van der Waals surface area (Å²) in [6.07, 6.45) is 0. The van der Waals surface area contributed by atoms with Crippen LogP contribution in [0.5, 0.6) is 5.75 Å². The van der Waals surface area contributed by atoms with E-state index in [0.29, 0.717) is 6.61 Å². The van der Waals surface area contributed by atoms with E-state index in [1.54, 1.807) is 7.11 Å². The topological polar surface area (TPSA) is 38.8 Å². The number of carbonyl (C=O) groups excluding carboxylic acids is 1. The summed E-state index contributed by atoms with van der Waals surface area (Å²) in [6.45, 7) is 2.48. The number of hydrogen-bond donors (Lipinski definition) is 0. The van der Waals surface area contributed by atoms with Gasteiger partial charge in [-0.15, -0.1) is 0 Å². The molecular weight excluding hydrogens is 429 g/mol. The van der Waals surface area contributed by atoms with E-state index < -0.39 is 4.62 Å². The van der Waals surface area contributed by atoms with Crippen molar-refractivity contribution >= 4 is 26.6 Å². The molecule has 0 radical (unpaired) electrons. The fourth-order valence-corrected chi connectivity index (χ4v) is 6.92. The van der Waals surface area contributed by atoms with Gasteiger partial charge >= 0.3 is 178 Å². The number of methoxy groups -OCH3 is 1. The van der Waals surface area contributed by atoms with Gasteiger partial charge < -0.3 is 0 Å². The Hall–Kier alpha value is -2.59. The number of nitrogens with zero attached hydrogens (tertiary/aromatic N) is 1. The summed E-state index contributed by atoms with van der Waals surface area (Å²) in [5, 5.41) is 0. The molecule has 0 N–H and O–H groups in total. The van der Waals surface area contributed by atoms with Crippen molar-refractivity contribution < 1.29 is 14.3 Å². The molecular formula is C24H23NO3Se. The molecule has 5 heteroatoms. The Morgan fingerprint density at radius 2 is 1.55 bits per heavy atom. The van der Waals surface area contributed by atoms with Gasteiger partial charge in [0.2, 0.25) is 0 Å². The molecule has 4 rings (SSSR count). The Morgan fingerprint density at radius 3 is 2.14 bits per heavy atom. The van der Waals surface area contributed by atoms with Crippen LogP contribution in [-0.4, -0.2) is 34.6 Å². The van der Waals surface area contributed by atoms with Gasteiger partial charge in [0.15, 0.2) is 0 Å². The average Bonchev–Trinajstić information content (AvgIpc) is 3.08. The maximum absolute atomic E-state index is 13.7. The Bertz CT molecular complexity index is 962. The third-order valence-corrected chi connectivity index (χ3v) is 8.21. The second-order valence-corrected chi connectivity index (χ2v) is 9.31. The van der Waals surface area contributed by atoms with Crippen LogP contribution in [0.3, 0.4) is 0 Å². The predicted octanol–water partition coefficient (Wildman–Crippen LogP) is 4.33. The zero-order valence-electron chi connectivity index (χ0n) is 16.4. The van der Waals surface area contributed by atoms with E-state index in [4.69, 9.17) is 9.47 Å². The first kappa shape index (κ1) is 19.7. The molecule has 1 heterocycles. The van der Waals surface area contributed by atoms with E-state index in [-0.39, 0.29) is 25.7 Å². The first-order chi connectivity index (χ1) is 14.2. The van der Waals surface area contributed by atoms with Crippen LogP contribution in [0.15, 0.2) is 84.9 Å². The van der Waals surface area contributed by atoms with Gasteiger partial charge in [-0.05, 0) is 0 Å². The van der Waals surface area contributed by atoms with E-state index in [1.165, 1.54) is 0 Å². The van der Waals surface area contributed by atoms with Crippen molar-refractivity contribution in [2.75, 3.05) is 18.6 Å². The van der Waals surface area contributed by atoms with Crippen LogP contribution in [0.1, 0.15) is 22.9 Å². The molecule has 0 spiro atoms. The maximum atomic E-state index is 13.7. The predicted molar refractivity (Wildman–Crippen MR) is 115 cm³/mol. The average molecular weight is 452 g/mol. The molecule has 2 unspecified atom stereocenters. The monoisotopic (exact) mass is 453 g/mol. The quantitative estimate of drug-likeness (QED) is 0.523. The SMILES string of the molecule is CCOC1(c2ccc(OC)cc2)[Se]C(c2ccccc2)C(=O)N1c1ccccc1. The number of ether oxygens (including phenoxy) is 2. The molecule has 4 nitrogen and oxygen atoms in total. The van der Waals surface area contributed by atoms with E-state index in [0.717, 1.165) is 22.6 Å². The van der Waals surface area contributed by atoms with Crippen LogP contribution in [0.2, 0.25) is 0 Å². The number of anilines is 1. The number of hydrogen-bond acceptors (Lipinski definition) is 3. The molecule has 0 bridgehead atoms. The van der Waals surface area contributed by atoms with Crippen molar-refractivity contribution in [1.29, 1.82) is 0 Å². The summed E-state index contributed by atoms with van der Waals surface area (Å²) in [5.74, 6) is 0.856. The third-order valence-electron chi connectivity index (χ3n) is 4.93. The summed E-state index contributed by atoms with van der Waals surface area (Å²) >= 11 is -0.189. The molecule has 2 atom stereocenters. The zero-order valence-corrected chi connectivity index (χ0v) is 18.2. The minimum absolute atomic E-state index is 0.0756. The molecule has 3 aromatic carbocycles. The van der Waals surface area contributed by atoms with Gasteiger partial charge in [-0.2, -0.15) is 0 Å². The standard InChI is InChI=1S/C24H23NO3Se/c1-3-28-24(19-14-16-21(27-2)17-15-19)25(20-12-8-5-9-13-20)23(26)22(29-24)18-10-6-4-7-11-18/h4-17,22H,3H2,1-2H3. The van der Waals surface area contributed by atoms with Crippen LogP contribution >= 0.6 is 0 Å². The first-order valence-electron chi connectivity index (χ1n) is 9.60. The summed E-state index contributed by atoms with van der Waals surface area (Å²) < 4.78 is 11.0. The second-order valence-electron chi connectivity index (χ2n) is 6.66. The van der Waals surface area contributed by atoms with E-state index in [1.807, 2.05) is 96.8 Å². The summed E-state index contributed by atoms with van der Waals surface area (Å²) in [7, 11) is 1.65. The normalized spacial score (nSPS) is 21.4. The molecule has 1 aliphatic heterocycles. The molecule has 3 aromatic rings.